The molecule has 2 aliphatic carbocycles. The van der Waals surface area contributed by atoms with Crippen molar-refractivity contribution in [1.82, 2.24) is 4.90 Å². The van der Waals surface area contributed by atoms with Gasteiger partial charge in [-0.05, 0) is 48.4 Å². The van der Waals surface area contributed by atoms with Crippen LogP contribution in [0.15, 0.2) is 66.7 Å². The molecule has 0 unspecified atom stereocenters. The molecule has 5 atom stereocenters. The average Bonchev–Trinajstić information content (AvgIpc) is 3.51. The molecule has 1 saturated carbocycles. The molecule has 0 radical (unpaired) electrons. The highest BCUT2D eigenvalue weighted by Gasteiger charge is 2.61. The molecule has 2 aromatic carbocycles. The summed E-state index contributed by atoms with van der Waals surface area (Å²) in [5.41, 5.74) is 2.38. The van der Waals surface area contributed by atoms with Crippen LogP contribution in [0.1, 0.15) is 17.5 Å². The Bertz CT molecular complexity index is 1140. The number of carbonyl (C=O) groups is 4. The Morgan fingerprint density at radius 3 is 2.32 bits per heavy atom. The number of hydrogen-bond acceptors (Lipinski definition) is 5. The molecule has 1 heterocycles. The molecule has 3 amide bonds. The smallest absolute Gasteiger partial charge is 0.330 e. The van der Waals surface area contributed by atoms with Crippen LogP contribution in [0.3, 0.4) is 0 Å². The van der Waals surface area contributed by atoms with Crippen LogP contribution in [0.4, 0.5) is 5.69 Å². The summed E-state index contributed by atoms with van der Waals surface area (Å²) in [5.74, 6) is -2.59. The maximum atomic E-state index is 13.3. The third kappa shape index (κ3) is 4.02. The number of imide groups is 1. The molecule has 1 saturated heterocycles. The summed E-state index contributed by atoms with van der Waals surface area (Å²) in [4.78, 5) is 53.3. The van der Waals surface area contributed by atoms with E-state index in [0.29, 0.717) is 5.69 Å². The van der Waals surface area contributed by atoms with Crippen LogP contribution in [0.25, 0.3) is 0 Å². The fourth-order valence-corrected chi connectivity index (χ4v) is 5.50. The molecule has 2 bridgehead atoms. The second-order valence-corrected chi connectivity index (χ2v) is 9.28. The number of allylic oxidation sites excluding steroid dienone is 2. The van der Waals surface area contributed by atoms with Crippen LogP contribution in [-0.4, -0.2) is 41.2 Å². The van der Waals surface area contributed by atoms with E-state index in [4.69, 9.17) is 4.74 Å². The number of likely N-dealkylation sites (tertiary alicyclic amines) is 1. The minimum Gasteiger partial charge on any atom is -0.454 e. The van der Waals surface area contributed by atoms with Crippen LogP contribution in [0, 0.1) is 30.6 Å². The first-order chi connectivity index (χ1) is 16.4. The molecule has 3 aliphatic rings. The predicted octanol–water partition coefficient (Wildman–Crippen LogP) is 2.90. The van der Waals surface area contributed by atoms with Gasteiger partial charge in [0.15, 0.2) is 6.61 Å². The van der Waals surface area contributed by atoms with Crippen LogP contribution >= 0.6 is 0 Å². The van der Waals surface area contributed by atoms with Gasteiger partial charge >= 0.3 is 5.97 Å². The highest BCUT2D eigenvalue weighted by molar-refractivity contribution is 6.09. The zero-order valence-electron chi connectivity index (χ0n) is 18.8. The summed E-state index contributed by atoms with van der Waals surface area (Å²) >= 11 is 0. The maximum absolute atomic E-state index is 13.3. The first-order valence-corrected chi connectivity index (χ1v) is 11.5. The van der Waals surface area contributed by atoms with E-state index in [-0.39, 0.29) is 30.1 Å². The fraction of sp³-hybridized carbons (Fsp3) is 0.333. The van der Waals surface area contributed by atoms with Crippen molar-refractivity contribution in [2.75, 3.05) is 11.9 Å². The van der Waals surface area contributed by atoms with E-state index >= 15 is 0 Å². The molecule has 1 aliphatic heterocycles. The lowest BCUT2D eigenvalue weighted by Gasteiger charge is -2.26. The number of esters is 1. The third-order valence-corrected chi connectivity index (χ3v) is 7.01. The largest absolute Gasteiger partial charge is 0.454 e. The standard InChI is InChI=1S/C27H26N2O5/c1-16-6-5-9-20(12-16)28-22(30)15-34-27(33)21(13-17-7-3-2-4-8-17)29-25(31)23-18-10-11-19(14-18)24(23)26(29)32/h2-12,18-19,21,23-24H,13-15H2,1H3,(H,28,30)/t18-,19-,21-,23-,24+/m0/s1. The average molecular weight is 459 g/mol. The summed E-state index contributed by atoms with van der Waals surface area (Å²) in [6.07, 6.45) is 4.98. The van der Waals surface area contributed by atoms with E-state index in [0.717, 1.165) is 22.4 Å². The summed E-state index contributed by atoms with van der Waals surface area (Å²) in [7, 11) is 0. The third-order valence-electron chi connectivity index (χ3n) is 7.01. The number of hydrogen-bond donors (Lipinski definition) is 1. The number of benzene rings is 2. The number of nitrogens with one attached hydrogen (secondary N) is 1. The van der Waals surface area contributed by atoms with Crippen LogP contribution in [-0.2, 0) is 30.3 Å². The molecule has 0 spiro atoms. The van der Waals surface area contributed by atoms with Crippen molar-refractivity contribution in [2.24, 2.45) is 23.7 Å². The number of fused-ring (bicyclic) bond motifs is 5. The SMILES string of the molecule is Cc1cccc(NC(=O)COC(=O)[C@H](Cc2ccccc2)N2C(=O)[C@@H]3[C@H](C2=O)[C@H]2C=C[C@H]3C2)c1. The van der Waals surface area contributed by atoms with E-state index in [2.05, 4.69) is 5.32 Å². The van der Waals surface area contributed by atoms with E-state index in [1.807, 2.05) is 61.5 Å². The Labute approximate surface area is 197 Å². The van der Waals surface area contributed by atoms with E-state index < -0.39 is 36.4 Å². The van der Waals surface area contributed by atoms with Crippen molar-refractivity contribution < 1.29 is 23.9 Å². The van der Waals surface area contributed by atoms with Crippen molar-refractivity contribution >= 4 is 29.4 Å². The quantitative estimate of drug-likeness (QED) is 0.391. The van der Waals surface area contributed by atoms with Gasteiger partial charge in [0.25, 0.3) is 5.91 Å². The highest BCUT2D eigenvalue weighted by atomic mass is 16.5. The lowest BCUT2D eigenvalue weighted by molar-refractivity contribution is -0.160. The number of amides is 3. The number of aryl methyl sites for hydroxylation is 1. The molecular formula is C27H26N2O5. The minimum absolute atomic E-state index is 0.0463. The molecule has 5 rings (SSSR count). The fourth-order valence-electron chi connectivity index (χ4n) is 5.50. The van der Waals surface area contributed by atoms with Crippen LogP contribution in [0.2, 0.25) is 0 Å². The lowest BCUT2D eigenvalue weighted by Crippen LogP contribution is -2.48. The van der Waals surface area contributed by atoms with Gasteiger partial charge in [0.1, 0.15) is 6.04 Å². The van der Waals surface area contributed by atoms with Crippen molar-refractivity contribution in [1.29, 1.82) is 0 Å². The maximum Gasteiger partial charge on any atom is 0.330 e. The molecule has 0 aromatic heterocycles. The molecule has 2 fully saturated rings. The Morgan fingerprint density at radius 1 is 1.00 bits per heavy atom. The van der Waals surface area contributed by atoms with Crippen molar-refractivity contribution in [3.63, 3.8) is 0 Å². The predicted molar refractivity (Wildman–Crippen MR) is 124 cm³/mol. The van der Waals surface area contributed by atoms with Gasteiger partial charge in [-0.2, -0.15) is 0 Å². The Morgan fingerprint density at radius 2 is 1.68 bits per heavy atom. The van der Waals surface area contributed by atoms with Crippen molar-refractivity contribution in [2.45, 2.75) is 25.8 Å². The Hall–Kier alpha value is -3.74. The van der Waals surface area contributed by atoms with Gasteiger partial charge < -0.3 is 10.1 Å². The minimum atomic E-state index is -1.11. The monoisotopic (exact) mass is 458 g/mol. The Balaban J connectivity index is 1.32. The summed E-state index contributed by atoms with van der Waals surface area (Å²) in [6.45, 7) is 1.40. The molecule has 2 aromatic rings. The van der Waals surface area contributed by atoms with Gasteiger partial charge in [-0.1, -0.05) is 54.6 Å². The van der Waals surface area contributed by atoms with Crippen molar-refractivity contribution in [3.8, 4) is 0 Å². The van der Waals surface area contributed by atoms with E-state index in [9.17, 15) is 19.2 Å². The number of carbonyl (C=O) groups excluding carboxylic acids is 4. The van der Waals surface area contributed by atoms with Gasteiger partial charge in [0.2, 0.25) is 11.8 Å². The van der Waals surface area contributed by atoms with Gasteiger partial charge in [-0.3, -0.25) is 19.3 Å². The van der Waals surface area contributed by atoms with Crippen LogP contribution < -0.4 is 5.32 Å². The first-order valence-electron chi connectivity index (χ1n) is 11.5. The summed E-state index contributed by atoms with van der Waals surface area (Å²) in [5, 5.41) is 2.69. The topological polar surface area (TPSA) is 92.8 Å². The zero-order chi connectivity index (χ0) is 23.8. The molecule has 34 heavy (non-hydrogen) atoms. The number of rotatable bonds is 7. The van der Waals surface area contributed by atoms with Crippen LogP contribution in [0.5, 0.6) is 0 Å². The summed E-state index contributed by atoms with van der Waals surface area (Å²) in [6, 6.07) is 15.4. The number of anilines is 1. The second kappa shape index (κ2) is 8.89. The number of nitrogens with zero attached hydrogens (tertiary/aromatic N) is 1. The zero-order valence-corrected chi connectivity index (χ0v) is 18.8. The van der Waals surface area contributed by atoms with E-state index in [1.165, 1.54) is 0 Å². The lowest BCUT2D eigenvalue weighted by atomic mass is 9.85. The molecule has 1 N–H and O–H groups in total. The number of ether oxygens (including phenoxy) is 1. The normalized spacial score (nSPS) is 25.4. The first kappa shape index (κ1) is 22.1. The van der Waals surface area contributed by atoms with Gasteiger partial charge in [-0.15, -0.1) is 0 Å². The highest BCUT2D eigenvalue weighted by Crippen LogP contribution is 2.53. The summed E-state index contributed by atoms with van der Waals surface area (Å²) < 4.78 is 5.33. The van der Waals surface area contributed by atoms with Crippen molar-refractivity contribution in [3.05, 3.63) is 77.9 Å². The van der Waals surface area contributed by atoms with Gasteiger partial charge in [0.05, 0.1) is 11.8 Å². The molecule has 174 valence electrons. The van der Waals surface area contributed by atoms with Gasteiger partial charge in [-0.25, -0.2) is 4.79 Å². The Kier molecular flexibility index (Phi) is 5.77. The second-order valence-electron chi connectivity index (χ2n) is 9.28. The molecule has 7 nitrogen and oxygen atoms in total. The van der Waals surface area contributed by atoms with Gasteiger partial charge in [0, 0.05) is 12.1 Å². The molecule has 7 heteroatoms. The molecular weight excluding hydrogens is 432 g/mol. The van der Waals surface area contributed by atoms with E-state index in [1.54, 1.807) is 12.1 Å².